The largest absolute Gasteiger partial charge is 0.368 e. The van der Waals surface area contributed by atoms with Crippen LogP contribution in [0.1, 0.15) is 6.42 Å². The fourth-order valence-corrected chi connectivity index (χ4v) is 2.85. The lowest BCUT2D eigenvalue weighted by Gasteiger charge is -2.19. The molecule has 2 rings (SSSR count). The van der Waals surface area contributed by atoms with Gasteiger partial charge in [0.2, 0.25) is 5.91 Å². The molecule has 2 aliphatic heterocycles. The zero-order valence-corrected chi connectivity index (χ0v) is 7.38. The zero-order chi connectivity index (χ0) is 8.55. The maximum absolute atomic E-state index is 11.0. The van der Waals surface area contributed by atoms with Gasteiger partial charge in [0.25, 0.3) is 0 Å². The molecule has 0 aromatic rings. The van der Waals surface area contributed by atoms with Crippen molar-refractivity contribution in [3.05, 3.63) is 11.0 Å². The molecule has 0 radical (unpaired) electrons. The summed E-state index contributed by atoms with van der Waals surface area (Å²) in [5.41, 5.74) is 5.23. The highest BCUT2D eigenvalue weighted by molar-refractivity contribution is 8.03. The van der Waals surface area contributed by atoms with E-state index in [1.54, 1.807) is 6.21 Å². The first-order valence-electron chi connectivity index (χ1n) is 3.94. The first kappa shape index (κ1) is 7.86. The summed E-state index contributed by atoms with van der Waals surface area (Å²) in [4.78, 5) is 16.3. The Hall–Kier alpha value is -0.770. The predicted molar refractivity (Wildman–Crippen MR) is 50.1 cm³/mol. The minimum atomic E-state index is -0.306. The molecular formula is C8H10N2OS. The van der Waals surface area contributed by atoms with Crippen LogP contribution in [0.4, 0.5) is 0 Å². The van der Waals surface area contributed by atoms with Gasteiger partial charge in [0.1, 0.15) is 6.04 Å². The van der Waals surface area contributed by atoms with Crippen LogP contribution >= 0.6 is 11.8 Å². The van der Waals surface area contributed by atoms with Gasteiger partial charge in [-0.05, 0) is 23.2 Å². The number of hydrogen-bond acceptors (Lipinski definition) is 3. The number of thioether (sulfide) groups is 1. The molecule has 2 N–H and O–H groups in total. The van der Waals surface area contributed by atoms with Gasteiger partial charge in [-0.15, -0.1) is 11.8 Å². The second-order valence-corrected chi connectivity index (χ2v) is 4.13. The topological polar surface area (TPSA) is 55.5 Å². The fraction of sp³-hybridized carbons (Fsp3) is 0.500. The molecule has 2 atom stereocenters. The highest BCUT2D eigenvalue weighted by atomic mass is 32.2. The van der Waals surface area contributed by atoms with E-state index in [1.165, 1.54) is 4.91 Å². The molecule has 0 spiro atoms. The van der Waals surface area contributed by atoms with Crippen LogP contribution in [-0.2, 0) is 4.79 Å². The van der Waals surface area contributed by atoms with Crippen LogP contribution in [-0.4, -0.2) is 23.9 Å². The van der Waals surface area contributed by atoms with E-state index in [0.29, 0.717) is 0 Å². The smallest absolute Gasteiger partial charge is 0.242 e. The number of rotatable bonds is 1. The van der Waals surface area contributed by atoms with E-state index in [0.717, 1.165) is 12.2 Å². The SMILES string of the molecule is NC(=O)C1N=CC=C2SCCC21. The number of hydrogen-bond donors (Lipinski definition) is 1. The quantitative estimate of drug-likeness (QED) is 0.644. The summed E-state index contributed by atoms with van der Waals surface area (Å²) in [6, 6.07) is -0.306. The Labute approximate surface area is 75.1 Å². The number of carbonyl (C=O) groups is 1. The van der Waals surface area contributed by atoms with E-state index in [1.807, 2.05) is 17.8 Å². The summed E-state index contributed by atoms with van der Waals surface area (Å²) in [5.74, 6) is 1.06. The van der Waals surface area contributed by atoms with E-state index in [2.05, 4.69) is 4.99 Å². The van der Waals surface area contributed by atoms with Crippen molar-refractivity contribution in [2.75, 3.05) is 5.75 Å². The Balaban J connectivity index is 2.24. The molecule has 4 heteroatoms. The fourth-order valence-electron chi connectivity index (χ4n) is 1.62. The summed E-state index contributed by atoms with van der Waals surface area (Å²) >= 11 is 1.81. The lowest BCUT2D eigenvalue weighted by Crippen LogP contribution is -2.34. The first-order valence-corrected chi connectivity index (χ1v) is 4.93. The Bertz CT molecular complexity index is 272. The molecule has 0 aromatic carbocycles. The van der Waals surface area contributed by atoms with Crippen molar-refractivity contribution in [2.24, 2.45) is 16.6 Å². The van der Waals surface area contributed by atoms with Crippen LogP contribution in [0.25, 0.3) is 0 Å². The predicted octanol–water partition coefficient (Wildman–Crippen LogP) is 0.562. The van der Waals surface area contributed by atoms with Gasteiger partial charge in [-0.3, -0.25) is 9.79 Å². The van der Waals surface area contributed by atoms with Crippen LogP contribution in [0.3, 0.4) is 0 Å². The number of nitrogens with zero attached hydrogens (tertiary/aromatic N) is 1. The minimum absolute atomic E-state index is 0.275. The van der Waals surface area contributed by atoms with Crippen molar-refractivity contribution < 1.29 is 4.79 Å². The van der Waals surface area contributed by atoms with Gasteiger partial charge in [-0.25, -0.2) is 0 Å². The minimum Gasteiger partial charge on any atom is -0.368 e. The van der Waals surface area contributed by atoms with Crippen LogP contribution < -0.4 is 5.73 Å². The summed E-state index contributed by atoms with van der Waals surface area (Å²) in [7, 11) is 0. The molecule has 2 aliphatic rings. The molecule has 1 amide bonds. The van der Waals surface area contributed by atoms with Crippen LogP contribution in [0.2, 0.25) is 0 Å². The molecule has 0 saturated carbocycles. The van der Waals surface area contributed by atoms with Crippen molar-refractivity contribution in [3.63, 3.8) is 0 Å². The van der Waals surface area contributed by atoms with Crippen molar-refractivity contribution in [2.45, 2.75) is 12.5 Å². The highest BCUT2D eigenvalue weighted by Gasteiger charge is 2.34. The number of carbonyl (C=O) groups excluding carboxylic acids is 1. The molecule has 2 unspecified atom stereocenters. The third kappa shape index (κ3) is 1.16. The maximum Gasteiger partial charge on any atom is 0.242 e. The van der Waals surface area contributed by atoms with Crippen LogP contribution in [0.15, 0.2) is 16.0 Å². The van der Waals surface area contributed by atoms with Crippen molar-refractivity contribution in [3.8, 4) is 0 Å². The van der Waals surface area contributed by atoms with Crippen LogP contribution in [0.5, 0.6) is 0 Å². The molecular weight excluding hydrogens is 172 g/mol. The number of fused-ring (bicyclic) bond motifs is 1. The van der Waals surface area contributed by atoms with E-state index >= 15 is 0 Å². The normalized spacial score (nSPS) is 32.8. The number of primary amides is 1. The number of allylic oxidation sites excluding steroid dienone is 1. The number of amides is 1. The van der Waals surface area contributed by atoms with Gasteiger partial charge < -0.3 is 5.73 Å². The van der Waals surface area contributed by atoms with Gasteiger partial charge in [0, 0.05) is 12.1 Å². The second kappa shape index (κ2) is 2.94. The second-order valence-electron chi connectivity index (χ2n) is 2.96. The lowest BCUT2D eigenvalue weighted by molar-refractivity contribution is -0.119. The standard InChI is InChI=1S/C8H10N2OS/c9-8(11)7-5-2-4-12-6(5)1-3-10-7/h1,3,5,7H,2,4H2,(H2,9,11). The molecule has 0 bridgehead atoms. The third-order valence-corrected chi connectivity index (χ3v) is 3.43. The average molecular weight is 182 g/mol. The molecule has 1 fully saturated rings. The van der Waals surface area contributed by atoms with Gasteiger partial charge >= 0.3 is 0 Å². The van der Waals surface area contributed by atoms with Gasteiger partial charge in [-0.2, -0.15) is 0 Å². The molecule has 3 nitrogen and oxygen atoms in total. The first-order chi connectivity index (χ1) is 5.79. The lowest BCUT2D eigenvalue weighted by atomic mass is 9.95. The van der Waals surface area contributed by atoms with Crippen molar-refractivity contribution >= 4 is 23.9 Å². The van der Waals surface area contributed by atoms with Crippen molar-refractivity contribution in [1.29, 1.82) is 0 Å². The Morgan fingerprint density at radius 2 is 2.58 bits per heavy atom. The summed E-state index contributed by atoms with van der Waals surface area (Å²) in [5, 5.41) is 0. The van der Waals surface area contributed by atoms with Gasteiger partial charge in [0.05, 0.1) is 0 Å². The molecule has 12 heavy (non-hydrogen) atoms. The van der Waals surface area contributed by atoms with Crippen molar-refractivity contribution in [1.82, 2.24) is 0 Å². The summed E-state index contributed by atoms with van der Waals surface area (Å²) < 4.78 is 0. The molecule has 2 heterocycles. The molecule has 1 saturated heterocycles. The molecule has 64 valence electrons. The van der Waals surface area contributed by atoms with Gasteiger partial charge in [-0.1, -0.05) is 0 Å². The third-order valence-electron chi connectivity index (χ3n) is 2.22. The van der Waals surface area contributed by atoms with E-state index in [9.17, 15) is 4.79 Å². The van der Waals surface area contributed by atoms with E-state index in [4.69, 9.17) is 5.73 Å². The molecule has 0 aliphatic carbocycles. The number of aliphatic imine (C=N–C) groups is 1. The zero-order valence-electron chi connectivity index (χ0n) is 6.56. The molecule has 0 aromatic heterocycles. The summed E-state index contributed by atoms with van der Waals surface area (Å²) in [6.45, 7) is 0. The highest BCUT2D eigenvalue weighted by Crippen LogP contribution is 2.40. The van der Waals surface area contributed by atoms with E-state index in [-0.39, 0.29) is 17.9 Å². The average Bonchev–Trinajstić information content (AvgIpc) is 2.49. The Kier molecular flexibility index (Phi) is 1.92. The van der Waals surface area contributed by atoms with Gasteiger partial charge in [0.15, 0.2) is 0 Å². The summed E-state index contributed by atoms with van der Waals surface area (Å²) in [6.07, 6.45) is 4.71. The Morgan fingerprint density at radius 1 is 1.75 bits per heavy atom. The van der Waals surface area contributed by atoms with Crippen LogP contribution in [0, 0.1) is 5.92 Å². The number of nitrogens with two attached hydrogens (primary N) is 1. The number of dihydropyridines is 1. The maximum atomic E-state index is 11.0. The Morgan fingerprint density at radius 3 is 3.33 bits per heavy atom. The van der Waals surface area contributed by atoms with E-state index < -0.39 is 0 Å². The monoisotopic (exact) mass is 182 g/mol.